The maximum atomic E-state index is 8.69. The predicted octanol–water partition coefficient (Wildman–Crippen LogP) is -1.53. The van der Waals surface area contributed by atoms with E-state index in [1.807, 2.05) is 0 Å². The van der Waals surface area contributed by atoms with Crippen LogP contribution in [0.4, 0.5) is 0 Å². The molecule has 0 aromatic carbocycles. The Labute approximate surface area is 59.7 Å². The summed E-state index contributed by atoms with van der Waals surface area (Å²) in [6.45, 7) is -0.312. The minimum atomic E-state index is -0.653. The fraction of sp³-hybridized carbons (Fsp3) is 1.00. The van der Waals surface area contributed by atoms with Crippen LogP contribution in [0.1, 0.15) is 12.8 Å². The Morgan fingerprint density at radius 2 is 1.40 bits per heavy atom. The van der Waals surface area contributed by atoms with Gasteiger partial charge in [0.2, 0.25) is 0 Å². The highest BCUT2D eigenvalue weighted by Crippen LogP contribution is 2.33. The number of hydrogen-bond acceptors (Lipinski definition) is 4. The van der Waals surface area contributed by atoms with Crippen LogP contribution in [0.15, 0.2) is 0 Å². The molecule has 1 fully saturated rings. The lowest BCUT2D eigenvalue weighted by atomic mass is 10.4. The van der Waals surface area contributed by atoms with Crippen LogP contribution >= 0.6 is 0 Å². The summed E-state index contributed by atoms with van der Waals surface area (Å²) in [5.74, 6) is 0. The molecule has 0 aromatic heterocycles. The van der Waals surface area contributed by atoms with E-state index in [0.29, 0.717) is 0 Å². The Morgan fingerprint density at radius 1 is 1.00 bits per heavy atom. The minimum Gasteiger partial charge on any atom is -0.394 e. The van der Waals surface area contributed by atoms with E-state index >= 15 is 0 Å². The van der Waals surface area contributed by atoms with Gasteiger partial charge in [-0.25, -0.2) is 0 Å². The molecular formula is C6H14O4. The first-order chi connectivity index (χ1) is 4.68. The highest BCUT2D eigenvalue weighted by molar-refractivity contribution is 4.92. The van der Waals surface area contributed by atoms with Gasteiger partial charge in [-0.05, 0) is 12.8 Å². The van der Waals surface area contributed by atoms with Crippen LogP contribution in [0.3, 0.4) is 0 Å². The zero-order chi connectivity index (χ0) is 8.04. The first-order valence-corrected chi connectivity index (χ1v) is 3.23. The Morgan fingerprint density at radius 3 is 1.40 bits per heavy atom. The normalized spacial score (nSPS) is 19.2. The zero-order valence-electron chi connectivity index (χ0n) is 5.82. The fourth-order valence-electron chi connectivity index (χ4n) is 0.302. The number of aliphatic hydroxyl groups excluding tert-OH is 3. The molecular weight excluding hydrogens is 136 g/mol. The maximum Gasteiger partial charge on any atom is 0.0879 e. The van der Waals surface area contributed by atoms with Crippen molar-refractivity contribution in [3.8, 4) is 0 Å². The van der Waals surface area contributed by atoms with Crippen molar-refractivity contribution in [2.24, 2.45) is 0 Å². The van der Waals surface area contributed by atoms with Crippen LogP contribution in [-0.4, -0.2) is 45.8 Å². The van der Waals surface area contributed by atoms with E-state index in [1.165, 1.54) is 0 Å². The van der Waals surface area contributed by atoms with Crippen molar-refractivity contribution in [3.05, 3.63) is 0 Å². The van der Waals surface area contributed by atoms with E-state index in [1.54, 1.807) is 0 Å². The molecule has 0 heterocycles. The molecule has 0 amide bonds. The molecule has 0 unspecified atom stereocenters. The zero-order valence-corrected chi connectivity index (χ0v) is 5.82. The van der Waals surface area contributed by atoms with Gasteiger partial charge in [-0.2, -0.15) is 0 Å². The van der Waals surface area contributed by atoms with Crippen molar-refractivity contribution >= 4 is 0 Å². The van der Waals surface area contributed by atoms with Crippen LogP contribution in [0.25, 0.3) is 0 Å². The second-order valence-corrected chi connectivity index (χ2v) is 2.33. The van der Waals surface area contributed by atoms with Gasteiger partial charge in [0, 0.05) is 0 Å². The summed E-state index contributed by atoms with van der Waals surface area (Å²) in [5, 5.41) is 32.2. The maximum absolute atomic E-state index is 8.69. The number of aliphatic hydroxyl groups is 4. The van der Waals surface area contributed by atoms with Gasteiger partial charge < -0.3 is 20.4 Å². The molecule has 0 bridgehead atoms. The predicted molar refractivity (Wildman–Crippen MR) is 35.4 cm³/mol. The van der Waals surface area contributed by atoms with Crippen LogP contribution in [0, 0.1) is 0 Å². The number of rotatable bonds is 2. The molecule has 4 heteroatoms. The van der Waals surface area contributed by atoms with Gasteiger partial charge in [0.1, 0.15) is 0 Å². The quantitative estimate of drug-likeness (QED) is 0.385. The third-order valence-corrected chi connectivity index (χ3v) is 1.22. The summed E-state index contributed by atoms with van der Waals surface area (Å²) >= 11 is 0. The molecule has 0 radical (unpaired) electrons. The molecule has 62 valence electrons. The average molecular weight is 150 g/mol. The van der Waals surface area contributed by atoms with Crippen molar-refractivity contribution in [2.45, 2.75) is 18.4 Å². The second-order valence-electron chi connectivity index (χ2n) is 2.33. The third-order valence-electron chi connectivity index (χ3n) is 1.22. The molecule has 0 aliphatic heterocycles. The van der Waals surface area contributed by atoms with Crippen molar-refractivity contribution in [1.82, 2.24) is 0 Å². The molecule has 1 aliphatic carbocycles. The molecule has 1 aliphatic rings. The Balaban J connectivity index is 0.000000180. The first-order valence-electron chi connectivity index (χ1n) is 3.23. The summed E-state index contributed by atoms with van der Waals surface area (Å²) < 4.78 is 0. The molecule has 10 heavy (non-hydrogen) atoms. The van der Waals surface area contributed by atoms with E-state index in [9.17, 15) is 0 Å². The van der Waals surface area contributed by atoms with E-state index in [2.05, 4.69) is 0 Å². The van der Waals surface area contributed by atoms with Crippen LogP contribution < -0.4 is 0 Å². The topological polar surface area (TPSA) is 80.9 Å². The summed E-state index contributed by atoms with van der Waals surface area (Å²) in [6.07, 6.45) is 1.56. The van der Waals surface area contributed by atoms with Crippen molar-refractivity contribution in [2.75, 3.05) is 19.8 Å². The molecule has 4 N–H and O–H groups in total. The highest BCUT2D eigenvalue weighted by Gasteiger charge is 2.39. The summed E-state index contributed by atoms with van der Waals surface area (Å²) in [5.41, 5.74) is -0.653. The van der Waals surface area contributed by atoms with E-state index in [4.69, 9.17) is 20.4 Å². The molecule has 0 aromatic rings. The third kappa shape index (κ3) is 4.69. The lowest BCUT2D eigenvalue weighted by Gasteiger charge is -1.95. The second kappa shape index (κ2) is 4.62. The van der Waals surface area contributed by atoms with Gasteiger partial charge >= 0.3 is 0 Å². The van der Waals surface area contributed by atoms with Crippen LogP contribution in [0.5, 0.6) is 0 Å². The van der Waals surface area contributed by atoms with Gasteiger partial charge in [-0.3, -0.25) is 0 Å². The minimum absolute atomic E-state index is 0.0625. The Bertz CT molecular complexity index is 77.8. The molecule has 0 spiro atoms. The van der Waals surface area contributed by atoms with Gasteiger partial charge in [0.15, 0.2) is 0 Å². The molecule has 0 saturated heterocycles. The average Bonchev–Trinajstić information content (AvgIpc) is 2.70. The monoisotopic (exact) mass is 150 g/mol. The first kappa shape index (κ1) is 9.84. The summed E-state index contributed by atoms with van der Waals surface area (Å²) in [7, 11) is 0. The highest BCUT2D eigenvalue weighted by atomic mass is 16.3. The van der Waals surface area contributed by atoms with Crippen LogP contribution in [0.2, 0.25) is 0 Å². The van der Waals surface area contributed by atoms with E-state index in [-0.39, 0.29) is 19.8 Å². The summed E-state index contributed by atoms with van der Waals surface area (Å²) in [6, 6.07) is 0. The van der Waals surface area contributed by atoms with Gasteiger partial charge in [0.05, 0.1) is 25.4 Å². The summed E-state index contributed by atoms with van der Waals surface area (Å²) in [4.78, 5) is 0. The van der Waals surface area contributed by atoms with Gasteiger partial charge in [-0.1, -0.05) is 0 Å². The smallest absolute Gasteiger partial charge is 0.0879 e. The van der Waals surface area contributed by atoms with E-state index < -0.39 is 5.60 Å². The lowest BCUT2D eigenvalue weighted by molar-refractivity contribution is 0.0738. The van der Waals surface area contributed by atoms with Gasteiger partial charge in [0.25, 0.3) is 0 Å². The van der Waals surface area contributed by atoms with Crippen molar-refractivity contribution in [3.63, 3.8) is 0 Å². The standard InChI is InChI=1S/C4H8O2.C2H6O2/c5-3-4(6)1-2-4;3-1-2-4/h5-6H,1-3H2;3-4H,1-2H2. The van der Waals surface area contributed by atoms with Crippen molar-refractivity contribution < 1.29 is 20.4 Å². The molecule has 4 nitrogen and oxygen atoms in total. The molecule has 0 atom stereocenters. The molecule has 1 saturated carbocycles. The largest absolute Gasteiger partial charge is 0.394 e. The SMILES string of the molecule is OCC1(O)CC1.OCCO. The Kier molecular flexibility index (Phi) is 4.55. The lowest BCUT2D eigenvalue weighted by Crippen LogP contribution is -2.11. The van der Waals surface area contributed by atoms with Gasteiger partial charge in [-0.15, -0.1) is 0 Å². The number of hydrogen-bond donors (Lipinski definition) is 4. The molecule has 1 rings (SSSR count). The van der Waals surface area contributed by atoms with Crippen molar-refractivity contribution in [1.29, 1.82) is 0 Å². The Hall–Kier alpha value is -0.160. The fourth-order valence-corrected chi connectivity index (χ4v) is 0.302. The van der Waals surface area contributed by atoms with E-state index in [0.717, 1.165) is 12.8 Å². The van der Waals surface area contributed by atoms with Crippen LogP contribution in [-0.2, 0) is 0 Å².